The Bertz CT molecular complexity index is 635. The Morgan fingerprint density at radius 1 is 1.24 bits per heavy atom. The summed E-state index contributed by atoms with van der Waals surface area (Å²) < 4.78 is 0. The van der Waals surface area contributed by atoms with Crippen molar-refractivity contribution in [1.82, 2.24) is 9.97 Å². The molecule has 21 heavy (non-hydrogen) atoms. The fourth-order valence-corrected chi connectivity index (χ4v) is 2.76. The first-order chi connectivity index (χ1) is 10.2. The van der Waals surface area contributed by atoms with E-state index in [0.717, 1.165) is 30.7 Å². The third kappa shape index (κ3) is 4.20. The predicted octanol–water partition coefficient (Wildman–Crippen LogP) is 3.57. The first kappa shape index (κ1) is 15.3. The van der Waals surface area contributed by atoms with Crippen LogP contribution in [0.3, 0.4) is 0 Å². The Kier molecular flexibility index (Phi) is 5.59. The van der Waals surface area contributed by atoms with E-state index in [2.05, 4.69) is 35.1 Å². The largest absolute Gasteiger partial charge is 0.382 e. The summed E-state index contributed by atoms with van der Waals surface area (Å²) in [6.45, 7) is 2.11. The minimum Gasteiger partial charge on any atom is -0.382 e. The number of aromatic nitrogens is 2. The minimum absolute atomic E-state index is 0.286. The van der Waals surface area contributed by atoms with Crippen molar-refractivity contribution in [3.05, 3.63) is 47.2 Å². The number of hydrogen-bond donors (Lipinski definition) is 1. The maximum Gasteiger partial charge on any atom is 0.190 e. The van der Waals surface area contributed by atoms with Crippen molar-refractivity contribution < 1.29 is 0 Å². The molecule has 1 heterocycles. The van der Waals surface area contributed by atoms with E-state index in [4.69, 9.17) is 5.73 Å². The summed E-state index contributed by atoms with van der Waals surface area (Å²) in [6, 6.07) is 12.3. The molecule has 0 aliphatic carbocycles. The summed E-state index contributed by atoms with van der Waals surface area (Å²) in [7, 11) is 0. The molecular weight excluding hydrogens is 280 g/mol. The highest BCUT2D eigenvalue weighted by atomic mass is 32.2. The second-order valence-corrected chi connectivity index (χ2v) is 5.65. The molecule has 0 fully saturated rings. The van der Waals surface area contributed by atoms with Crippen LogP contribution in [0.1, 0.15) is 36.6 Å². The quantitative estimate of drug-likeness (QED) is 0.652. The highest BCUT2D eigenvalue weighted by Gasteiger charge is 2.12. The Morgan fingerprint density at radius 2 is 2.00 bits per heavy atom. The van der Waals surface area contributed by atoms with E-state index in [1.165, 1.54) is 5.56 Å². The highest BCUT2D eigenvalue weighted by Crippen LogP contribution is 2.23. The zero-order chi connectivity index (χ0) is 15.1. The van der Waals surface area contributed by atoms with Crippen molar-refractivity contribution in [3.8, 4) is 6.07 Å². The van der Waals surface area contributed by atoms with Crippen LogP contribution in [0.5, 0.6) is 0 Å². The van der Waals surface area contributed by atoms with Crippen molar-refractivity contribution in [1.29, 1.82) is 5.26 Å². The molecule has 2 rings (SSSR count). The molecule has 0 aliphatic heterocycles. The predicted molar refractivity (Wildman–Crippen MR) is 85.8 cm³/mol. The molecule has 0 bridgehead atoms. The third-order valence-corrected chi connectivity index (χ3v) is 4.00. The molecule has 0 spiro atoms. The van der Waals surface area contributed by atoms with Crippen LogP contribution in [0.15, 0.2) is 35.5 Å². The Morgan fingerprint density at radius 3 is 2.67 bits per heavy atom. The number of rotatable bonds is 6. The fraction of sp³-hybridized carbons (Fsp3) is 0.312. The van der Waals surface area contributed by atoms with Crippen molar-refractivity contribution in [2.45, 2.75) is 37.1 Å². The van der Waals surface area contributed by atoms with Gasteiger partial charge in [-0.15, -0.1) is 0 Å². The maximum atomic E-state index is 9.18. The van der Waals surface area contributed by atoms with Gasteiger partial charge in [0.05, 0.1) is 5.69 Å². The number of anilines is 1. The molecule has 0 saturated heterocycles. The number of nitrogen functional groups attached to an aromatic ring is 1. The van der Waals surface area contributed by atoms with Crippen molar-refractivity contribution >= 4 is 17.6 Å². The van der Waals surface area contributed by atoms with Crippen LogP contribution in [-0.2, 0) is 12.2 Å². The molecule has 0 unspecified atom stereocenters. The maximum absolute atomic E-state index is 9.18. The summed E-state index contributed by atoms with van der Waals surface area (Å²) in [4.78, 5) is 8.74. The Labute approximate surface area is 129 Å². The number of thioether (sulfide) groups is 1. The average molecular weight is 298 g/mol. The van der Waals surface area contributed by atoms with Crippen molar-refractivity contribution in [2.24, 2.45) is 0 Å². The number of hydrogen-bond acceptors (Lipinski definition) is 5. The van der Waals surface area contributed by atoms with E-state index >= 15 is 0 Å². The van der Waals surface area contributed by atoms with Gasteiger partial charge in [-0.3, -0.25) is 0 Å². The van der Waals surface area contributed by atoms with E-state index < -0.39 is 0 Å². The lowest BCUT2D eigenvalue weighted by Crippen LogP contribution is -2.05. The molecule has 2 aromatic rings. The Hall–Kier alpha value is -2.06. The second kappa shape index (κ2) is 7.65. The van der Waals surface area contributed by atoms with Gasteiger partial charge in [-0.05, 0) is 18.4 Å². The first-order valence-corrected chi connectivity index (χ1v) is 7.96. The molecule has 0 amide bonds. The third-order valence-electron chi connectivity index (χ3n) is 3.08. The number of nitrogens with zero attached hydrogens (tertiary/aromatic N) is 3. The van der Waals surface area contributed by atoms with Gasteiger partial charge in [-0.25, -0.2) is 9.97 Å². The molecule has 0 atom stereocenters. The van der Waals surface area contributed by atoms with Gasteiger partial charge in [-0.1, -0.05) is 55.4 Å². The van der Waals surface area contributed by atoms with E-state index in [1.807, 2.05) is 18.2 Å². The number of nitriles is 1. The number of benzene rings is 1. The van der Waals surface area contributed by atoms with Crippen LogP contribution in [-0.4, -0.2) is 9.97 Å². The van der Waals surface area contributed by atoms with Crippen molar-refractivity contribution in [2.75, 3.05) is 5.73 Å². The van der Waals surface area contributed by atoms with Crippen LogP contribution in [0.2, 0.25) is 0 Å². The average Bonchev–Trinajstić information content (AvgIpc) is 2.51. The normalized spacial score (nSPS) is 10.3. The smallest absolute Gasteiger partial charge is 0.190 e. The van der Waals surface area contributed by atoms with Crippen LogP contribution in [0.25, 0.3) is 0 Å². The zero-order valence-electron chi connectivity index (χ0n) is 12.0. The first-order valence-electron chi connectivity index (χ1n) is 6.97. The lowest BCUT2D eigenvalue weighted by molar-refractivity contribution is 0.755. The second-order valence-electron chi connectivity index (χ2n) is 4.70. The van der Waals surface area contributed by atoms with Crippen LogP contribution in [0, 0.1) is 11.3 Å². The van der Waals surface area contributed by atoms with Crippen LogP contribution < -0.4 is 5.73 Å². The SMILES string of the molecule is CCCCc1nc(SCc2ccccc2)nc(N)c1C#N. The van der Waals surface area contributed by atoms with Gasteiger partial charge < -0.3 is 5.73 Å². The van der Waals surface area contributed by atoms with Gasteiger partial charge in [-0.2, -0.15) is 5.26 Å². The van der Waals surface area contributed by atoms with Crippen LogP contribution in [0.4, 0.5) is 5.82 Å². The topological polar surface area (TPSA) is 75.6 Å². The highest BCUT2D eigenvalue weighted by molar-refractivity contribution is 7.98. The molecule has 4 nitrogen and oxygen atoms in total. The van der Waals surface area contributed by atoms with Gasteiger partial charge in [0.25, 0.3) is 0 Å². The zero-order valence-corrected chi connectivity index (χ0v) is 12.9. The summed E-state index contributed by atoms with van der Waals surface area (Å²) >= 11 is 1.54. The van der Waals surface area contributed by atoms with E-state index in [1.54, 1.807) is 11.8 Å². The number of aryl methyl sites for hydroxylation is 1. The molecule has 108 valence electrons. The van der Waals surface area contributed by atoms with E-state index in [9.17, 15) is 5.26 Å². The summed E-state index contributed by atoms with van der Waals surface area (Å²) in [5.41, 5.74) is 8.29. The summed E-state index contributed by atoms with van der Waals surface area (Å²) in [5, 5.41) is 9.82. The molecule has 2 N–H and O–H groups in total. The minimum atomic E-state index is 0.286. The molecule has 5 heteroatoms. The van der Waals surface area contributed by atoms with E-state index in [0.29, 0.717) is 10.7 Å². The van der Waals surface area contributed by atoms with Gasteiger partial charge >= 0.3 is 0 Å². The van der Waals surface area contributed by atoms with Crippen molar-refractivity contribution in [3.63, 3.8) is 0 Å². The standard InChI is InChI=1S/C16H18N4S/c1-2-3-9-14-13(10-17)15(18)20-16(19-14)21-11-12-7-5-4-6-8-12/h4-8H,2-3,9,11H2,1H3,(H2,18,19,20). The molecule has 1 aromatic carbocycles. The Balaban J connectivity index is 2.16. The number of nitrogens with two attached hydrogens (primary N) is 1. The van der Waals surface area contributed by atoms with Gasteiger partial charge in [0.2, 0.25) is 0 Å². The molecule has 1 aromatic heterocycles. The number of unbranched alkanes of at least 4 members (excludes halogenated alkanes) is 1. The molecule has 0 aliphatic rings. The molecule has 0 radical (unpaired) electrons. The summed E-state index contributed by atoms with van der Waals surface area (Å²) in [6.07, 6.45) is 2.82. The van der Waals surface area contributed by atoms with Gasteiger partial charge in [0.15, 0.2) is 5.16 Å². The van der Waals surface area contributed by atoms with Crippen LogP contribution >= 0.6 is 11.8 Å². The molecule has 0 saturated carbocycles. The van der Waals surface area contributed by atoms with E-state index in [-0.39, 0.29) is 5.82 Å². The monoisotopic (exact) mass is 298 g/mol. The van der Waals surface area contributed by atoms with Gasteiger partial charge in [0.1, 0.15) is 17.5 Å². The summed E-state index contributed by atoms with van der Waals surface area (Å²) in [5.74, 6) is 1.08. The van der Waals surface area contributed by atoms with Gasteiger partial charge in [0, 0.05) is 5.75 Å². The lowest BCUT2D eigenvalue weighted by Gasteiger charge is -2.08. The molecular formula is C16H18N4S. The fourth-order valence-electron chi connectivity index (χ4n) is 1.94. The lowest BCUT2D eigenvalue weighted by atomic mass is 10.1.